The number of nitrogens with one attached hydrogen (secondary N) is 3. The molecule has 3 aromatic rings. The fourth-order valence-electron chi connectivity index (χ4n) is 6.24. The van der Waals surface area contributed by atoms with Crippen molar-refractivity contribution in [3.8, 4) is 0 Å². The maximum atomic E-state index is 13.9. The molecule has 1 aliphatic rings. The molecule has 3 amide bonds. The molecule has 9 nitrogen and oxygen atoms in total. The van der Waals surface area contributed by atoms with Crippen LogP contribution in [0.3, 0.4) is 0 Å². The van der Waals surface area contributed by atoms with Crippen LogP contribution in [0.4, 0.5) is 18.0 Å². The molecule has 0 aromatic heterocycles. The molecule has 4 rings (SSSR count). The maximum absolute atomic E-state index is 13.9. The number of amides is 3. The molecular weight excluding hydrogens is 639 g/mol. The Morgan fingerprint density at radius 3 is 2.35 bits per heavy atom. The lowest BCUT2D eigenvalue weighted by Crippen LogP contribution is -2.53. The summed E-state index contributed by atoms with van der Waals surface area (Å²) in [6, 6.07) is 19.6. The van der Waals surface area contributed by atoms with Gasteiger partial charge in [0.05, 0.1) is 6.04 Å². The zero-order valence-corrected chi connectivity index (χ0v) is 27.7. The Bertz CT molecular complexity index is 1580. The van der Waals surface area contributed by atoms with E-state index < -0.39 is 66.3 Å². The molecule has 0 spiro atoms. The van der Waals surface area contributed by atoms with E-state index in [-0.39, 0.29) is 31.8 Å². The summed E-state index contributed by atoms with van der Waals surface area (Å²) >= 11 is 0. The predicted octanol–water partition coefficient (Wildman–Crippen LogP) is 5.62. The van der Waals surface area contributed by atoms with Crippen LogP contribution in [0.25, 0.3) is 10.8 Å². The number of benzene rings is 3. The van der Waals surface area contributed by atoms with Crippen molar-refractivity contribution in [2.75, 3.05) is 6.54 Å². The van der Waals surface area contributed by atoms with Gasteiger partial charge in [0.2, 0.25) is 11.8 Å². The second-order valence-electron chi connectivity index (χ2n) is 13.1. The van der Waals surface area contributed by atoms with Gasteiger partial charge in [-0.05, 0) is 53.5 Å². The van der Waals surface area contributed by atoms with Gasteiger partial charge >= 0.3 is 12.3 Å². The zero-order chi connectivity index (χ0) is 35.6. The number of piperidine rings is 1. The Balaban J connectivity index is 1.56. The van der Waals surface area contributed by atoms with Crippen LogP contribution < -0.4 is 16.0 Å². The van der Waals surface area contributed by atoms with Crippen molar-refractivity contribution < 1.29 is 42.2 Å². The van der Waals surface area contributed by atoms with Crippen molar-refractivity contribution in [2.24, 2.45) is 17.8 Å². The molecule has 1 saturated heterocycles. The van der Waals surface area contributed by atoms with Crippen molar-refractivity contribution in [1.82, 2.24) is 16.0 Å². The van der Waals surface area contributed by atoms with Crippen molar-refractivity contribution in [2.45, 2.75) is 83.3 Å². The number of ether oxygens (including phenoxy) is 1. The molecular formula is C37H44F3N3O6. The fourth-order valence-corrected chi connectivity index (χ4v) is 6.24. The van der Waals surface area contributed by atoms with E-state index in [0.717, 1.165) is 21.9 Å². The van der Waals surface area contributed by atoms with Gasteiger partial charge in [0, 0.05) is 31.2 Å². The van der Waals surface area contributed by atoms with E-state index in [0.29, 0.717) is 19.4 Å². The minimum Gasteiger partial charge on any atom is -0.445 e. The number of hydrogen-bond donors (Lipinski definition) is 4. The lowest BCUT2D eigenvalue weighted by molar-refractivity contribution is -0.221. The third-order valence-electron chi connectivity index (χ3n) is 8.77. The smallest absolute Gasteiger partial charge is 0.414 e. The summed E-state index contributed by atoms with van der Waals surface area (Å²) in [7, 11) is 0. The van der Waals surface area contributed by atoms with Crippen molar-refractivity contribution in [1.29, 1.82) is 0 Å². The number of rotatable bonds is 15. The molecule has 1 heterocycles. The average molecular weight is 684 g/mol. The lowest BCUT2D eigenvalue weighted by atomic mass is 9.81. The number of aliphatic hydroxyl groups excluding tert-OH is 1. The number of carbonyl (C=O) groups is 4. The zero-order valence-electron chi connectivity index (χ0n) is 27.7. The molecule has 3 aromatic carbocycles. The Hall–Kier alpha value is -4.45. The minimum absolute atomic E-state index is 0.0302. The van der Waals surface area contributed by atoms with E-state index in [9.17, 15) is 37.5 Å². The molecule has 264 valence electrons. The van der Waals surface area contributed by atoms with E-state index in [2.05, 4.69) is 16.0 Å². The molecule has 1 aliphatic heterocycles. The van der Waals surface area contributed by atoms with E-state index >= 15 is 0 Å². The summed E-state index contributed by atoms with van der Waals surface area (Å²) < 4.78 is 46.6. The van der Waals surface area contributed by atoms with Crippen LogP contribution in [-0.2, 0) is 32.1 Å². The van der Waals surface area contributed by atoms with Gasteiger partial charge in [0.25, 0.3) is 0 Å². The van der Waals surface area contributed by atoms with Crippen LogP contribution in [0.1, 0.15) is 57.1 Å². The highest BCUT2D eigenvalue weighted by Gasteiger charge is 2.46. The lowest BCUT2D eigenvalue weighted by Gasteiger charge is -2.31. The van der Waals surface area contributed by atoms with Crippen LogP contribution in [0, 0.1) is 17.8 Å². The van der Waals surface area contributed by atoms with Crippen molar-refractivity contribution >= 4 is 34.5 Å². The first-order valence-corrected chi connectivity index (χ1v) is 16.6. The van der Waals surface area contributed by atoms with Crippen LogP contribution >= 0.6 is 0 Å². The summed E-state index contributed by atoms with van der Waals surface area (Å²) in [5, 5.41) is 20.0. The first-order valence-electron chi connectivity index (χ1n) is 16.6. The summed E-state index contributed by atoms with van der Waals surface area (Å²) in [5.41, 5.74) is 1.48. The van der Waals surface area contributed by atoms with Crippen molar-refractivity contribution in [3.63, 3.8) is 0 Å². The third kappa shape index (κ3) is 11.0. The van der Waals surface area contributed by atoms with Gasteiger partial charge in [-0.1, -0.05) is 86.6 Å². The van der Waals surface area contributed by atoms with E-state index in [1.165, 1.54) is 0 Å². The molecule has 0 bridgehead atoms. The summed E-state index contributed by atoms with van der Waals surface area (Å²) in [5.74, 6) is -4.36. The maximum Gasteiger partial charge on any atom is 0.414 e. The number of alkyl carbamates (subject to hydrolysis) is 1. The first-order chi connectivity index (χ1) is 23.3. The quantitative estimate of drug-likeness (QED) is 0.164. The van der Waals surface area contributed by atoms with Crippen LogP contribution in [0.5, 0.6) is 0 Å². The van der Waals surface area contributed by atoms with Gasteiger partial charge < -0.3 is 25.8 Å². The number of carbonyl (C=O) groups excluding carboxylic acids is 4. The average Bonchev–Trinajstić information content (AvgIpc) is 3.07. The van der Waals surface area contributed by atoms with Gasteiger partial charge in [-0.2, -0.15) is 13.2 Å². The number of halogens is 3. The predicted molar refractivity (Wildman–Crippen MR) is 178 cm³/mol. The van der Waals surface area contributed by atoms with E-state index in [1.54, 1.807) is 38.1 Å². The molecule has 5 atom stereocenters. The van der Waals surface area contributed by atoms with Crippen LogP contribution in [0.15, 0.2) is 72.8 Å². The first kappa shape index (κ1) is 37.4. The third-order valence-corrected chi connectivity index (χ3v) is 8.77. The van der Waals surface area contributed by atoms with Crippen LogP contribution in [0.2, 0.25) is 0 Å². The minimum atomic E-state index is -5.01. The highest BCUT2D eigenvalue weighted by atomic mass is 19.4. The second kappa shape index (κ2) is 17.3. The fraction of sp³-hybridized carbons (Fsp3) is 0.459. The molecule has 1 fully saturated rings. The topological polar surface area (TPSA) is 134 Å². The molecule has 0 radical (unpaired) electrons. The molecule has 0 saturated carbocycles. The Kier molecular flexibility index (Phi) is 13.2. The van der Waals surface area contributed by atoms with Gasteiger partial charge in [-0.3, -0.25) is 14.4 Å². The number of hydrogen-bond acceptors (Lipinski definition) is 6. The summed E-state index contributed by atoms with van der Waals surface area (Å²) in [6.07, 6.45) is -8.70. The highest BCUT2D eigenvalue weighted by Crippen LogP contribution is 2.34. The van der Waals surface area contributed by atoms with Gasteiger partial charge in [-0.25, -0.2) is 4.79 Å². The standard InChI is InChI=1S/C37H44F3N3O6/c1-23(2)18-30(32(44)21-28(33(45)37(38,39)40)19-27-15-9-17-41-34(27)46)42-35(47)31(43-36(48)49-22-24-10-4-3-5-11-24)20-26-14-8-13-25-12-6-7-16-29(25)26/h3-8,10-14,16,23,27-28,30-31,33,45H,9,15,17-22H2,1-2H3,(H,41,46)(H,42,47)(H,43,48)/t27-,28+,30-,31-,33?/m0/s1. The van der Waals surface area contributed by atoms with Gasteiger partial charge in [-0.15, -0.1) is 0 Å². The van der Waals surface area contributed by atoms with E-state index in [4.69, 9.17) is 4.74 Å². The Morgan fingerprint density at radius 2 is 1.65 bits per heavy atom. The number of Topliss-reactive ketones (excluding diaryl/α,β-unsaturated/α-hetero) is 1. The van der Waals surface area contributed by atoms with Gasteiger partial charge in [0.1, 0.15) is 12.6 Å². The Labute approximate surface area is 284 Å². The van der Waals surface area contributed by atoms with E-state index in [1.807, 2.05) is 48.5 Å². The molecule has 0 aliphatic carbocycles. The van der Waals surface area contributed by atoms with Crippen molar-refractivity contribution in [3.05, 3.63) is 83.9 Å². The number of alkyl halides is 3. The second-order valence-corrected chi connectivity index (χ2v) is 13.1. The highest BCUT2D eigenvalue weighted by molar-refractivity contribution is 5.93. The molecule has 4 N–H and O–H groups in total. The largest absolute Gasteiger partial charge is 0.445 e. The Morgan fingerprint density at radius 1 is 0.959 bits per heavy atom. The SMILES string of the molecule is CC(C)C[C@H](NC(=O)[C@H](Cc1cccc2ccccc12)NC(=O)OCc1ccccc1)C(=O)C[C@@H](C[C@@H]1CCCNC1=O)C(O)C(F)(F)F. The normalized spacial score (nSPS) is 17.4. The summed E-state index contributed by atoms with van der Waals surface area (Å²) in [4.78, 5) is 53.0. The number of fused-ring (bicyclic) bond motifs is 1. The summed E-state index contributed by atoms with van der Waals surface area (Å²) in [6.45, 7) is 3.96. The monoisotopic (exact) mass is 683 g/mol. The van der Waals surface area contributed by atoms with Crippen LogP contribution in [-0.4, -0.2) is 59.7 Å². The number of aliphatic hydroxyl groups is 1. The molecule has 49 heavy (non-hydrogen) atoms. The molecule has 12 heteroatoms. The number of ketones is 1. The molecule has 1 unspecified atom stereocenters. The van der Waals surface area contributed by atoms with Gasteiger partial charge in [0.15, 0.2) is 11.9 Å².